The molecule has 2 N–H and O–H groups in total. The molecule has 0 radical (unpaired) electrons. The Kier molecular flexibility index (Phi) is 4.05. The minimum atomic E-state index is -1.86. The van der Waals surface area contributed by atoms with Crippen LogP contribution in [0.25, 0.3) is 10.4 Å². The van der Waals surface area contributed by atoms with Crippen molar-refractivity contribution in [1.82, 2.24) is 9.55 Å². The van der Waals surface area contributed by atoms with Crippen LogP contribution in [0.5, 0.6) is 0 Å². The average Bonchev–Trinajstić information content (AvgIpc) is 2.98. The van der Waals surface area contributed by atoms with E-state index in [1.54, 1.807) is 0 Å². The first kappa shape index (κ1) is 15.9. The fraction of sp³-hybridized carbons (Fsp3) is 0.636. The Morgan fingerprint density at radius 1 is 1.74 bits per heavy atom. The summed E-state index contributed by atoms with van der Waals surface area (Å²) in [5.74, 6) is 0.0861. The zero-order valence-electron chi connectivity index (χ0n) is 12.1. The van der Waals surface area contributed by atoms with Crippen molar-refractivity contribution >= 4 is 13.8 Å². The molecular weight excluding hydrogens is 327 g/mol. The van der Waals surface area contributed by atoms with Gasteiger partial charge < -0.3 is 15.2 Å². The average molecular weight is 341 g/mol. The number of hydrogen-bond donors (Lipinski definition) is 1. The van der Waals surface area contributed by atoms with Crippen LogP contribution in [-0.4, -0.2) is 47.2 Å². The molecule has 23 heavy (non-hydrogen) atoms. The molecule has 2 saturated heterocycles. The second kappa shape index (κ2) is 5.88. The van der Waals surface area contributed by atoms with Gasteiger partial charge in [-0.2, -0.15) is 4.98 Å². The van der Waals surface area contributed by atoms with E-state index in [4.69, 9.17) is 25.3 Å². The highest BCUT2D eigenvalue weighted by atomic mass is 31.1. The molecule has 1 aromatic rings. The number of aromatic nitrogens is 2. The Morgan fingerprint density at radius 2 is 2.52 bits per heavy atom. The van der Waals surface area contributed by atoms with E-state index in [1.165, 1.54) is 23.5 Å². The number of nitrogens with two attached hydrogens (primary N) is 1. The molecule has 2 aliphatic heterocycles. The van der Waals surface area contributed by atoms with Crippen molar-refractivity contribution in [3.05, 3.63) is 33.2 Å². The monoisotopic (exact) mass is 341 g/mol. The minimum absolute atomic E-state index is 0.0768. The van der Waals surface area contributed by atoms with Crippen molar-refractivity contribution < 1.29 is 18.6 Å². The van der Waals surface area contributed by atoms with Crippen LogP contribution in [0.3, 0.4) is 0 Å². The maximum Gasteiger partial charge on any atom is 0.504 e. The Morgan fingerprint density at radius 3 is 3.17 bits per heavy atom. The van der Waals surface area contributed by atoms with Crippen molar-refractivity contribution in [3.8, 4) is 0 Å². The zero-order valence-corrected chi connectivity index (χ0v) is 13.0. The highest BCUT2D eigenvalue weighted by Gasteiger charge is 2.63. The molecular formula is C11H14N6O5P+. The molecule has 0 amide bonds. The molecule has 5 atom stereocenters. The second-order valence-electron chi connectivity index (χ2n) is 5.25. The molecule has 1 aromatic heterocycles. The molecule has 0 spiro atoms. The number of fused-ring (bicyclic) bond motifs is 2. The summed E-state index contributed by atoms with van der Waals surface area (Å²) in [6, 6.07) is 0.739. The van der Waals surface area contributed by atoms with Gasteiger partial charge in [0.05, 0.1) is 6.61 Å². The van der Waals surface area contributed by atoms with E-state index < -0.39 is 37.7 Å². The van der Waals surface area contributed by atoms with Crippen LogP contribution in [0.15, 0.2) is 22.2 Å². The number of anilines is 1. The number of ether oxygens (including phenoxy) is 2. The van der Waals surface area contributed by atoms with Gasteiger partial charge in [-0.3, -0.25) is 4.57 Å². The predicted molar refractivity (Wildman–Crippen MR) is 77.9 cm³/mol. The van der Waals surface area contributed by atoms with E-state index >= 15 is 0 Å². The van der Waals surface area contributed by atoms with Gasteiger partial charge in [-0.1, -0.05) is 5.11 Å². The van der Waals surface area contributed by atoms with Gasteiger partial charge >= 0.3 is 13.7 Å². The predicted octanol–water partition coefficient (Wildman–Crippen LogP) is 0.560. The molecule has 3 rings (SSSR count). The van der Waals surface area contributed by atoms with E-state index in [0.717, 1.165) is 0 Å². The van der Waals surface area contributed by atoms with E-state index in [9.17, 15) is 9.36 Å². The van der Waals surface area contributed by atoms with Crippen LogP contribution >= 0.6 is 8.03 Å². The van der Waals surface area contributed by atoms with Gasteiger partial charge in [-0.05, 0) is 16.2 Å². The van der Waals surface area contributed by atoms with E-state index in [1.807, 2.05) is 0 Å². The third kappa shape index (κ3) is 2.69. The Hall–Kier alpha value is -2.03. The smallest absolute Gasteiger partial charge is 0.383 e. The van der Waals surface area contributed by atoms with Crippen LogP contribution in [0.1, 0.15) is 6.23 Å². The molecule has 0 saturated carbocycles. The largest absolute Gasteiger partial charge is 0.504 e. The van der Waals surface area contributed by atoms with Crippen molar-refractivity contribution in [2.45, 2.75) is 24.0 Å². The summed E-state index contributed by atoms with van der Waals surface area (Å²) in [6.07, 6.45) is -0.0768. The Labute approximate surface area is 130 Å². The first-order chi connectivity index (χ1) is 11.0. The van der Waals surface area contributed by atoms with Crippen LogP contribution < -0.4 is 11.4 Å². The van der Waals surface area contributed by atoms with Gasteiger partial charge in [0.15, 0.2) is 12.9 Å². The summed E-state index contributed by atoms with van der Waals surface area (Å²) in [7, 11) is -1.86. The van der Waals surface area contributed by atoms with E-state index in [0.29, 0.717) is 0 Å². The van der Waals surface area contributed by atoms with Gasteiger partial charge in [-0.15, -0.1) is 4.52 Å². The summed E-state index contributed by atoms with van der Waals surface area (Å²) in [5.41, 5.74) is 12.5. The molecule has 2 fully saturated rings. The van der Waals surface area contributed by atoms with Gasteiger partial charge in [0, 0.05) is 11.1 Å². The van der Waals surface area contributed by atoms with Gasteiger partial charge in [0.1, 0.15) is 30.2 Å². The van der Waals surface area contributed by atoms with Gasteiger partial charge in [0.25, 0.3) is 0 Å². The van der Waals surface area contributed by atoms with Crippen molar-refractivity contribution in [2.75, 3.05) is 25.6 Å². The highest BCUT2D eigenvalue weighted by Crippen LogP contribution is 2.47. The molecule has 3 heterocycles. The molecule has 122 valence electrons. The normalized spacial score (nSPS) is 32.6. The molecule has 2 bridgehead atoms. The summed E-state index contributed by atoms with van der Waals surface area (Å²) in [5, 5.41) is 3.72. The maximum atomic E-state index is 12.0. The van der Waals surface area contributed by atoms with Crippen molar-refractivity contribution in [2.24, 2.45) is 5.11 Å². The number of nitrogens with zero attached hydrogens (tertiary/aromatic N) is 5. The minimum Gasteiger partial charge on any atom is -0.383 e. The second-order valence-corrected chi connectivity index (χ2v) is 6.39. The fourth-order valence-corrected chi connectivity index (χ4v) is 3.19. The molecule has 0 aromatic carbocycles. The van der Waals surface area contributed by atoms with Gasteiger partial charge in [0.2, 0.25) is 0 Å². The quantitative estimate of drug-likeness (QED) is 0.355. The molecule has 1 unspecified atom stereocenters. The first-order valence-electron chi connectivity index (χ1n) is 6.69. The molecule has 2 aliphatic rings. The number of azide groups is 1. The van der Waals surface area contributed by atoms with Crippen LogP contribution in [-0.2, 0) is 18.6 Å². The zero-order chi connectivity index (χ0) is 16.6. The summed E-state index contributed by atoms with van der Waals surface area (Å²) >= 11 is 0. The van der Waals surface area contributed by atoms with Crippen LogP contribution in [0, 0.1) is 0 Å². The Bertz CT molecular complexity index is 749. The fourth-order valence-electron chi connectivity index (χ4n) is 2.79. The number of rotatable bonds is 5. The van der Waals surface area contributed by atoms with Crippen molar-refractivity contribution in [3.63, 3.8) is 0 Å². The third-order valence-electron chi connectivity index (χ3n) is 3.80. The first-order valence-corrected chi connectivity index (χ1v) is 8.31. The molecule has 11 nitrogen and oxygen atoms in total. The van der Waals surface area contributed by atoms with E-state index in [-0.39, 0.29) is 19.0 Å². The lowest BCUT2D eigenvalue weighted by Crippen LogP contribution is -2.44. The summed E-state index contributed by atoms with van der Waals surface area (Å²) in [6.45, 7) is 1.44. The third-order valence-corrected chi connectivity index (χ3v) is 4.29. The lowest BCUT2D eigenvalue weighted by Gasteiger charge is -2.29. The standard InChI is InChI=1S/C11H13N6O5P/c1-23(19)21-5-11-4-20-7(8(11)15-16-13)9(22-11)17-3-2-6(12)14-10(17)18/h2-3,7-9H,4-5H2,1H3,(H-,12,14,18)/p+1/t7-,8+,9-,11-/m1/s1. The molecule has 0 aliphatic carbocycles. The Balaban J connectivity index is 1.95. The van der Waals surface area contributed by atoms with Gasteiger partial charge in [-0.25, -0.2) is 4.79 Å². The van der Waals surface area contributed by atoms with Crippen LogP contribution in [0.4, 0.5) is 5.82 Å². The lowest BCUT2D eigenvalue weighted by atomic mass is 9.98. The summed E-state index contributed by atoms with van der Waals surface area (Å²) < 4.78 is 29.1. The van der Waals surface area contributed by atoms with Crippen LogP contribution in [0.2, 0.25) is 0 Å². The maximum absolute atomic E-state index is 12.0. The van der Waals surface area contributed by atoms with E-state index in [2.05, 4.69) is 15.0 Å². The number of nitrogen functional groups attached to an aromatic ring is 1. The summed E-state index contributed by atoms with van der Waals surface area (Å²) in [4.78, 5) is 18.4. The molecule has 12 heteroatoms. The lowest BCUT2D eigenvalue weighted by molar-refractivity contribution is -0.182. The highest BCUT2D eigenvalue weighted by molar-refractivity contribution is 7.38. The topological polar surface area (TPSA) is 154 Å². The van der Waals surface area contributed by atoms with Crippen molar-refractivity contribution in [1.29, 1.82) is 0 Å². The SMILES string of the molecule is C[P+](=O)OC[C@@]12CO[C@@H]([C@H](n3ccc(N)nc3=O)O1)[C@@H]2N=[N+]=[N-]. The number of hydrogen-bond acceptors (Lipinski definition) is 8.